The number of rotatable bonds is 2. The van der Waals surface area contributed by atoms with Gasteiger partial charge in [-0.25, -0.2) is 4.39 Å². The highest BCUT2D eigenvalue weighted by atomic mass is 127. The number of ketones is 1. The van der Waals surface area contributed by atoms with Gasteiger partial charge >= 0.3 is 0 Å². The topological polar surface area (TPSA) is 17.1 Å². The fourth-order valence-corrected chi connectivity index (χ4v) is 4.10. The molecule has 0 aliphatic rings. The molecule has 2 aromatic rings. The molecule has 0 unspecified atom stereocenters. The van der Waals surface area contributed by atoms with Gasteiger partial charge in [-0.05, 0) is 72.6 Å². The standard InChI is InChI=1S/C11H4Br2FIOS/c12-7-4-17-11(9(7)13)10(16)6-2-1-5(14)3-8(6)15/h1-4H. The second-order valence-corrected chi connectivity index (χ2v) is 6.87. The van der Waals surface area contributed by atoms with Gasteiger partial charge in [0, 0.05) is 19.0 Å². The van der Waals surface area contributed by atoms with Gasteiger partial charge in [0.25, 0.3) is 0 Å². The fraction of sp³-hybridized carbons (Fsp3) is 0. The van der Waals surface area contributed by atoms with Crippen LogP contribution < -0.4 is 0 Å². The molecule has 0 amide bonds. The molecule has 1 nitrogen and oxygen atoms in total. The monoisotopic (exact) mass is 488 g/mol. The molecule has 0 saturated heterocycles. The lowest BCUT2D eigenvalue weighted by Gasteiger charge is -2.02. The van der Waals surface area contributed by atoms with Gasteiger partial charge < -0.3 is 0 Å². The molecule has 2 rings (SSSR count). The van der Waals surface area contributed by atoms with E-state index in [4.69, 9.17) is 0 Å². The van der Waals surface area contributed by atoms with Gasteiger partial charge in [-0.15, -0.1) is 11.3 Å². The Labute approximate surface area is 132 Å². The minimum absolute atomic E-state index is 0.100. The van der Waals surface area contributed by atoms with Gasteiger partial charge in [0.05, 0.1) is 9.35 Å². The zero-order chi connectivity index (χ0) is 12.6. The van der Waals surface area contributed by atoms with Crippen molar-refractivity contribution in [2.24, 2.45) is 0 Å². The van der Waals surface area contributed by atoms with E-state index in [1.54, 1.807) is 0 Å². The van der Waals surface area contributed by atoms with Gasteiger partial charge in [0.1, 0.15) is 5.82 Å². The molecule has 17 heavy (non-hydrogen) atoms. The van der Waals surface area contributed by atoms with Crippen molar-refractivity contribution in [3.05, 3.63) is 52.4 Å². The predicted molar refractivity (Wildman–Crippen MR) is 82.3 cm³/mol. The zero-order valence-electron chi connectivity index (χ0n) is 8.14. The SMILES string of the molecule is O=C(c1ccc(F)cc1I)c1scc(Br)c1Br. The van der Waals surface area contributed by atoms with Crippen LogP contribution >= 0.6 is 65.8 Å². The van der Waals surface area contributed by atoms with E-state index in [0.29, 0.717) is 14.0 Å². The molecule has 1 heterocycles. The maximum Gasteiger partial charge on any atom is 0.205 e. The molecule has 0 saturated carbocycles. The Balaban J connectivity index is 2.47. The number of carbonyl (C=O) groups excluding carboxylic acids is 1. The first-order valence-electron chi connectivity index (χ1n) is 4.43. The first-order valence-corrected chi connectivity index (χ1v) is 7.97. The number of thiophene rings is 1. The highest BCUT2D eigenvalue weighted by molar-refractivity contribution is 14.1. The number of carbonyl (C=O) groups is 1. The average Bonchev–Trinajstić information content (AvgIpc) is 2.59. The van der Waals surface area contributed by atoms with Gasteiger partial charge in [-0.1, -0.05) is 0 Å². The molecule has 1 aromatic heterocycles. The van der Waals surface area contributed by atoms with Crippen LogP contribution in [0.15, 0.2) is 32.5 Å². The van der Waals surface area contributed by atoms with Crippen LogP contribution in [-0.2, 0) is 0 Å². The summed E-state index contributed by atoms with van der Waals surface area (Å²) in [6.07, 6.45) is 0. The Hall–Kier alpha value is 0.210. The number of hydrogen-bond acceptors (Lipinski definition) is 2. The summed E-state index contributed by atoms with van der Waals surface area (Å²) in [6, 6.07) is 4.16. The smallest absolute Gasteiger partial charge is 0.205 e. The Morgan fingerprint density at radius 1 is 1.35 bits per heavy atom. The molecule has 0 N–H and O–H groups in total. The van der Waals surface area contributed by atoms with Crippen molar-refractivity contribution in [2.75, 3.05) is 0 Å². The van der Waals surface area contributed by atoms with E-state index in [9.17, 15) is 9.18 Å². The van der Waals surface area contributed by atoms with E-state index in [-0.39, 0.29) is 11.6 Å². The van der Waals surface area contributed by atoms with Gasteiger partial charge in [-0.2, -0.15) is 0 Å². The van der Waals surface area contributed by atoms with Gasteiger partial charge in [0.2, 0.25) is 5.78 Å². The highest BCUT2D eigenvalue weighted by Gasteiger charge is 2.19. The molecule has 0 spiro atoms. The van der Waals surface area contributed by atoms with Crippen LogP contribution in [0, 0.1) is 9.39 Å². The van der Waals surface area contributed by atoms with Crippen molar-refractivity contribution < 1.29 is 9.18 Å². The van der Waals surface area contributed by atoms with Crippen LogP contribution in [0.5, 0.6) is 0 Å². The van der Waals surface area contributed by atoms with Crippen molar-refractivity contribution in [3.8, 4) is 0 Å². The molecule has 0 aliphatic heterocycles. The predicted octanol–water partition coefficient (Wildman–Crippen LogP) is 5.25. The maximum absolute atomic E-state index is 13.0. The van der Waals surface area contributed by atoms with Crippen molar-refractivity contribution in [3.63, 3.8) is 0 Å². The van der Waals surface area contributed by atoms with Crippen LogP contribution in [-0.4, -0.2) is 5.78 Å². The van der Waals surface area contributed by atoms with Crippen LogP contribution in [0.25, 0.3) is 0 Å². The fourth-order valence-electron chi connectivity index (χ4n) is 1.27. The first-order chi connectivity index (χ1) is 8.00. The van der Waals surface area contributed by atoms with Crippen LogP contribution in [0.1, 0.15) is 15.2 Å². The summed E-state index contributed by atoms with van der Waals surface area (Å²) in [4.78, 5) is 12.9. The zero-order valence-corrected chi connectivity index (χ0v) is 14.3. The lowest BCUT2D eigenvalue weighted by atomic mass is 10.1. The Morgan fingerprint density at radius 3 is 2.59 bits per heavy atom. The quantitative estimate of drug-likeness (QED) is 0.416. The summed E-state index contributed by atoms with van der Waals surface area (Å²) in [5.74, 6) is -0.436. The van der Waals surface area contributed by atoms with E-state index in [0.717, 1.165) is 8.95 Å². The second kappa shape index (κ2) is 5.46. The van der Waals surface area contributed by atoms with Crippen molar-refractivity contribution >= 4 is 71.6 Å². The normalized spacial score (nSPS) is 10.6. The molecule has 1 aromatic carbocycles. The molecule has 88 valence electrons. The van der Waals surface area contributed by atoms with E-state index >= 15 is 0 Å². The Morgan fingerprint density at radius 2 is 2.06 bits per heavy atom. The minimum Gasteiger partial charge on any atom is -0.288 e. The third kappa shape index (κ3) is 2.80. The van der Waals surface area contributed by atoms with Crippen molar-refractivity contribution in [1.82, 2.24) is 0 Å². The Bertz CT molecular complexity index is 597. The molecule has 6 heteroatoms. The molecule has 0 atom stereocenters. The van der Waals surface area contributed by atoms with E-state index < -0.39 is 0 Å². The van der Waals surface area contributed by atoms with Crippen LogP contribution in [0.2, 0.25) is 0 Å². The second-order valence-electron chi connectivity index (χ2n) is 3.18. The highest BCUT2D eigenvalue weighted by Crippen LogP contribution is 2.34. The number of hydrogen-bond donors (Lipinski definition) is 0. The summed E-state index contributed by atoms with van der Waals surface area (Å²) < 4.78 is 15.2. The summed E-state index contributed by atoms with van der Waals surface area (Å²) in [5, 5.41) is 1.84. The molecule has 0 radical (unpaired) electrons. The molecule has 0 aliphatic carbocycles. The van der Waals surface area contributed by atoms with E-state index in [2.05, 4.69) is 31.9 Å². The summed E-state index contributed by atoms with van der Waals surface area (Å²) in [6.45, 7) is 0. The summed E-state index contributed by atoms with van der Waals surface area (Å²) >= 11 is 10.0. The van der Waals surface area contributed by atoms with E-state index in [1.807, 2.05) is 28.0 Å². The average molecular weight is 490 g/mol. The third-order valence-corrected chi connectivity index (χ3v) is 6.49. The van der Waals surface area contributed by atoms with Crippen LogP contribution in [0.3, 0.4) is 0 Å². The van der Waals surface area contributed by atoms with Crippen molar-refractivity contribution in [2.45, 2.75) is 0 Å². The van der Waals surface area contributed by atoms with Crippen molar-refractivity contribution in [1.29, 1.82) is 0 Å². The first kappa shape index (κ1) is 13.6. The van der Waals surface area contributed by atoms with E-state index in [1.165, 1.54) is 29.5 Å². The third-order valence-electron chi connectivity index (χ3n) is 2.07. The molecular formula is C11H4Br2FIOS. The maximum atomic E-state index is 13.0. The summed E-state index contributed by atoms with van der Waals surface area (Å²) in [7, 11) is 0. The molecule has 0 bridgehead atoms. The van der Waals surface area contributed by atoms with Gasteiger partial charge in [0.15, 0.2) is 0 Å². The Kier molecular flexibility index (Phi) is 4.38. The number of halogens is 4. The van der Waals surface area contributed by atoms with Crippen LogP contribution in [0.4, 0.5) is 4.39 Å². The minimum atomic E-state index is -0.336. The van der Waals surface area contributed by atoms with Gasteiger partial charge in [-0.3, -0.25) is 4.79 Å². The lowest BCUT2D eigenvalue weighted by Crippen LogP contribution is -2.02. The molecule has 0 fully saturated rings. The molecular weight excluding hydrogens is 486 g/mol. The lowest BCUT2D eigenvalue weighted by molar-refractivity contribution is 0.104. The largest absolute Gasteiger partial charge is 0.288 e. The summed E-state index contributed by atoms with van der Waals surface area (Å²) in [5.41, 5.74) is 0.516. The number of benzene rings is 1.